The first-order valence-corrected chi connectivity index (χ1v) is 16.8. The molecule has 3 aliphatic rings. The second kappa shape index (κ2) is 14.3. The molecule has 10 nitrogen and oxygen atoms in total. The zero-order chi connectivity index (χ0) is 29.6. The fraction of sp³-hybridized carbons (Fsp3) is 0.733. The largest absolute Gasteiger partial charge is 0.493 e. The predicted octanol–water partition coefficient (Wildman–Crippen LogP) is 2.49. The molecule has 11 heteroatoms. The number of benzene rings is 1. The summed E-state index contributed by atoms with van der Waals surface area (Å²) in [6.45, 7) is 6.42. The standard InChI is InChI=1S/C30H48N4O6S/c1-4-5-14-32(15-7-6-13-31(2)3)28(35)22-33-21-25(23-9-10-27-24(20-23)12-18-40-27)29(30(36)37)26(33)11-17-34-16-8-19-41(34,38)39/h9-10,20,25-26,29H,4-8,11-19,21-22H2,1-3H3,(H,36,37). The molecule has 3 aliphatic heterocycles. The van der Waals surface area contributed by atoms with Crippen LogP contribution in [0.1, 0.15) is 62.5 Å². The number of carboxylic acid groups (broad SMARTS) is 1. The highest BCUT2D eigenvalue weighted by atomic mass is 32.2. The van der Waals surface area contributed by atoms with Gasteiger partial charge in [-0.1, -0.05) is 25.5 Å². The normalized spacial score (nSPS) is 24.0. The van der Waals surface area contributed by atoms with Gasteiger partial charge in [0.2, 0.25) is 15.9 Å². The number of amides is 1. The Labute approximate surface area is 245 Å². The van der Waals surface area contributed by atoms with E-state index >= 15 is 0 Å². The number of carbonyl (C=O) groups excluding carboxylic acids is 1. The van der Waals surface area contributed by atoms with Crippen molar-refractivity contribution in [3.63, 3.8) is 0 Å². The number of nitrogens with zero attached hydrogens (tertiary/aromatic N) is 4. The SMILES string of the molecule is CCCCN(CCCCN(C)C)C(=O)CN1CC(c2ccc3c(c2)CCO3)C(C(=O)O)C1CCN1CCCS1(=O)=O. The Morgan fingerprint density at radius 1 is 1.12 bits per heavy atom. The minimum Gasteiger partial charge on any atom is -0.493 e. The number of unbranched alkanes of at least 4 members (excludes halogenated alkanes) is 2. The molecule has 2 saturated heterocycles. The van der Waals surface area contributed by atoms with Gasteiger partial charge >= 0.3 is 5.97 Å². The third-order valence-corrected chi connectivity index (χ3v) is 10.8. The minimum absolute atomic E-state index is 0.0224. The molecule has 1 aromatic rings. The number of rotatable bonds is 15. The van der Waals surface area contributed by atoms with Gasteiger partial charge in [0, 0.05) is 51.1 Å². The van der Waals surface area contributed by atoms with Crippen LogP contribution >= 0.6 is 0 Å². The first-order valence-electron chi connectivity index (χ1n) is 15.2. The Morgan fingerprint density at radius 2 is 1.88 bits per heavy atom. The number of hydrogen-bond acceptors (Lipinski definition) is 7. The maximum absolute atomic E-state index is 13.7. The van der Waals surface area contributed by atoms with Gasteiger partial charge in [0.15, 0.2) is 0 Å². The second-order valence-electron chi connectivity index (χ2n) is 12.0. The van der Waals surface area contributed by atoms with E-state index in [1.807, 2.05) is 36.0 Å². The van der Waals surface area contributed by atoms with Gasteiger partial charge in [-0.2, -0.15) is 0 Å². The van der Waals surface area contributed by atoms with Gasteiger partial charge in [0.25, 0.3) is 0 Å². The van der Waals surface area contributed by atoms with E-state index < -0.39 is 28.0 Å². The van der Waals surface area contributed by atoms with Crippen molar-refractivity contribution in [1.29, 1.82) is 0 Å². The molecular formula is C30H48N4O6S. The number of hydrogen-bond donors (Lipinski definition) is 1. The van der Waals surface area contributed by atoms with Crippen molar-refractivity contribution in [2.24, 2.45) is 5.92 Å². The summed E-state index contributed by atoms with van der Waals surface area (Å²) in [6, 6.07) is 5.50. The van der Waals surface area contributed by atoms with Gasteiger partial charge in [-0.05, 0) is 69.9 Å². The smallest absolute Gasteiger partial charge is 0.308 e. The molecule has 230 valence electrons. The van der Waals surface area contributed by atoms with Crippen molar-refractivity contribution in [2.45, 2.75) is 63.8 Å². The van der Waals surface area contributed by atoms with Crippen LogP contribution in [0.2, 0.25) is 0 Å². The lowest BCUT2D eigenvalue weighted by atomic mass is 9.83. The van der Waals surface area contributed by atoms with Crippen LogP contribution in [-0.2, 0) is 26.0 Å². The molecule has 3 heterocycles. The first-order chi connectivity index (χ1) is 19.6. The van der Waals surface area contributed by atoms with Crippen molar-refractivity contribution in [2.75, 3.05) is 72.3 Å². The van der Waals surface area contributed by atoms with Crippen LogP contribution in [0, 0.1) is 5.92 Å². The van der Waals surface area contributed by atoms with Crippen molar-refractivity contribution in [1.82, 2.24) is 19.0 Å². The molecule has 0 saturated carbocycles. The molecule has 3 atom stereocenters. The average molecular weight is 593 g/mol. The van der Waals surface area contributed by atoms with E-state index in [4.69, 9.17) is 4.74 Å². The molecule has 2 fully saturated rings. The van der Waals surface area contributed by atoms with Crippen LogP contribution in [0.5, 0.6) is 5.75 Å². The number of ether oxygens (including phenoxy) is 1. The van der Waals surface area contributed by atoms with Crippen LogP contribution in [0.25, 0.3) is 0 Å². The maximum Gasteiger partial charge on any atom is 0.308 e. The topological polar surface area (TPSA) is 111 Å². The van der Waals surface area contributed by atoms with E-state index in [-0.39, 0.29) is 30.7 Å². The fourth-order valence-corrected chi connectivity index (χ4v) is 8.10. The quantitative estimate of drug-likeness (QED) is 0.310. The van der Waals surface area contributed by atoms with Crippen molar-refractivity contribution < 1.29 is 27.9 Å². The van der Waals surface area contributed by atoms with E-state index in [2.05, 4.69) is 17.9 Å². The van der Waals surface area contributed by atoms with Gasteiger partial charge in [-0.25, -0.2) is 12.7 Å². The minimum atomic E-state index is -3.30. The number of sulfonamides is 1. The zero-order valence-electron chi connectivity index (χ0n) is 25.0. The summed E-state index contributed by atoms with van der Waals surface area (Å²) in [6.07, 6.45) is 5.61. The molecular weight excluding hydrogens is 544 g/mol. The number of likely N-dealkylation sites (tertiary alicyclic amines) is 1. The monoisotopic (exact) mass is 592 g/mol. The predicted molar refractivity (Wildman–Crippen MR) is 159 cm³/mol. The summed E-state index contributed by atoms with van der Waals surface area (Å²) in [4.78, 5) is 32.6. The number of fused-ring (bicyclic) bond motifs is 1. The Bertz CT molecular complexity index is 1160. The molecule has 0 bridgehead atoms. The number of aliphatic carboxylic acids is 1. The molecule has 1 N–H and O–H groups in total. The molecule has 1 amide bonds. The van der Waals surface area contributed by atoms with Crippen molar-refractivity contribution >= 4 is 21.9 Å². The molecule has 0 radical (unpaired) electrons. The van der Waals surface area contributed by atoms with Crippen LogP contribution in [-0.4, -0.2) is 123 Å². The molecule has 1 aromatic carbocycles. The van der Waals surface area contributed by atoms with Gasteiger partial charge in [-0.15, -0.1) is 0 Å². The molecule has 3 unspecified atom stereocenters. The van der Waals surface area contributed by atoms with Crippen LogP contribution in [0.15, 0.2) is 18.2 Å². The van der Waals surface area contributed by atoms with Gasteiger partial charge < -0.3 is 19.6 Å². The lowest BCUT2D eigenvalue weighted by Crippen LogP contribution is -2.45. The molecule has 0 aromatic heterocycles. The second-order valence-corrected chi connectivity index (χ2v) is 14.1. The highest BCUT2D eigenvalue weighted by Crippen LogP contribution is 2.41. The van der Waals surface area contributed by atoms with Crippen LogP contribution < -0.4 is 4.74 Å². The Morgan fingerprint density at radius 3 is 2.56 bits per heavy atom. The summed E-state index contributed by atoms with van der Waals surface area (Å²) in [5.41, 5.74) is 2.03. The van der Waals surface area contributed by atoms with Gasteiger partial charge in [-0.3, -0.25) is 14.5 Å². The third kappa shape index (κ3) is 8.00. The van der Waals surface area contributed by atoms with Gasteiger partial charge in [0.1, 0.15) is 5.75 Å². The van der Waals surface area contributed by atoms with E-state index in [0.29, 0.717) is 45.6 Å². The summed E-state index contributed by atoms with van der Waals surface area (Å²) in [7, 11) is 0.794. The Hall–Kier alpha value is -2.21. The zero-order valence-corrected chi connectivity index (χ0v) is 25.8. The van der Waals surface area contributed by atoms with E-state index in [1.54, 1.807) is 0 Å². The molecule has 4 rings (SSSR count). The maximum atomic E-state index is 13.7. The summed E-state index contributed by atoms with van der Waals surface area (Å²) in [5, 5.41) is 10.5. The Kier molecular flexibility index (Phi) is 11.1. The van der Waals surface area contributed by atoms with E-state index in [0.717, 1.165) is 55.5 Å². The summed E-state index contributed by atoms with van der Waals surface area (Å²) < 4.78 is 32.2. The van der Waals surface area contributed by atoms with Crippen molar-refractivity contribution in [3.05, 3.63) is 29.3 Å². The lowest BCUT2D eigenvalue weighted by molar-refractivity contribution is -0.143. The van der Waals surface area contributed by atoms with Gasteiger partial charge in [0.05, 0.1) is 24.8 Å². The third-order valence-electron chi connectivity index (χ3n) is 8.81. The fourth-order valence-electron chi connectivity index (χ4n) is 6.56. The average Bonchev–Trinajstić information content (AvgIpc) is 3.62. The lowest BCUT2D eigenvalue weighted by Gasteiger charge is -2.30. The number of carbonyl (C=O) groups is 2. The molecule has 41 heavy (non-hydrogen) atoms. The van der Waals surface area contributed by atoms with E-state index in [1.165, 1.54) is 4.31 Å². The number of carboxylic acids is 1. The first kappa shape index (κ1) is 31.7. The highest BCUT2D eigenvalue weighted by molar-refractivity contribution is 7.89. The molecule has 0 spiro atoms. The van der Waals surface area contributed by atoms with Crippen LogP contribution in [0.4, 0.5) is 0 Å². The van der Waals surface area contributed by atoms with E-state index in [9.17, 15) is 23.1 Å². The Balaban J connectivity index is 1.55. The van der Waals surface area contributed by atoms with Crippen molar-refractivity contribution in [3.8, 4) is 5.75 Å². The van der Waals surface area contributed by atoms with Crippen LogP contribution in [0.3, 0.4) is 0 Å². The molecule has 0 aliphatic carbocycles. The highest BCUT2D eigenvalue weighted by Gasteiger charge is 2.47. The summed E-state index contributed by atoms with van der Waals surface area (Å²) in [5.74, 6) is -0.922. The summed E-state index contributed by atoms with van der Waals surface area (Å²) >= 11 is 0.